The summed E-state index contributed by atoms with van der Waals surface area (Å²) in [7, 11) is 0. The Balaban J connectivity index is 2.64. The normalized spacial score (nSPS) is 11.7. The number of carbonyl (C=O) groups is 2. The summed E-state index contributed by atoms with van der Waals surface area (Å²) in [5.74, 6) is -1.04. The van der Waals surface area contributed by atoms with Gasteiger partial charge in [-0.3, -0.25) is 0 Å². The Labute approximate surface area is 114 Å². The standard InChI is InChI=1S/C12H15BrN2O3/c1-3-10(11(16)17)15-12(18)14-8-4-5-9(13)7(2)6-8/h4-6,10H,3H2,1-2H3,(H,16,17)(H2,14,15,18). The molecule has 3 N–H and O–H groups in total. The first-order valence-electron chi connectivity index (χ1n) is 5.50. The molecule has 0 heterocycles. The molecule has 0 saturated carbocycles. The van der Waals surface area contributed by atoms with Gasteiger partial charge in [-0.1, -0.05) is 22.9 Å². The Morgan fingerprint density at radius 1 is 1.44 bits per heavy atom. The minimum Gasteiger partial charge on any atom is -0.480 e. The lowest BCUT2D eigenvalue weighted by molar-refractivity contribution is -0.139. The van der Waals surface area contributed by atoms with Crippen molar-refractivity contribution in [2.24, 2.45) is 0 Å². The molecule has 5 nitrogen and oxygen atoms in total. The molecule has 1 aromatic rings. The van der Waals surface area contributed by atoms with E-state index in [1.54, 1.807) is 19.1 Å². The maximum Gasteiger partial charge on any atom is 0.326 e. The number of amides is 2. The molecule has 2 amide bonds. The molecule has 0 aromatic heterocycles. The van der Waals surface area contributed by atoms with Gasteiger partial charge in [0.05, 0.1) is 0 Å². The highest BCUT2D eigenvalue weighted by Gasteiger charge is 2.17. The number of benzene rings is 1. The molecule has 1 aromatic carbocycles. The number of halogens is 1. The van der Waals surface area contributed by atoms with Crippen molar-refractivity contribution in [1.82, 2.24) is 5.32 Å². The molecule has 0 radical (unpaired) electrons. The van der Waals surface area contributed by atoms with Gasteiger partial charge in [0, 0.05) is 10.2 Å². The van der Waals surface area contributed by atoms with Crippen LogP contribution in [0.25, 0.3) is 0 Å². The lowest BCUT2D eigenvalue weighted by Gasteiger charge is -2.13. The van der Waals surface area contributed by atoms with Crippen LogP contribution < -0.4 is 10.6 Å². The van der Waals surface area contributed by atoms with Crippen LogP contribution in [-0.4, -0.2) is 23.1 Å². The van der Waals surface area contributed by atoms with E-state index in [1.165, 1.54) is 0 Å². The number of anilines is 1. The zero-order valence-corrected chi connectivity index (χ0v) is 11.7. The van der Waals surface area contributed by atoms with Gasteiger partial charge in [0.2, 0.25) is 0 Å². The zero-order valence-electron chi connectivity index (χ0n) is 10.2. The summed E-state index contributed by atoms with van der Waals surface area (Å²) in [6, 6.07) is 3.95. The number of hydrogen-bond donors (Lipinski definition) is 3. The van der Waals surface area contributed by atoms with E-state index in [0.717, 1.165) is 10.0 Å². The largest absolute Gasteiger partial charge is 0.480 e. The van der Waals surface area contributed by atoms with Crippen molar-refractivity contribution < 1.29 is 14.7 Å². The van der Waals surface area contributed by atoms with E-state index < -0.39 is 18.0 Å². The van der Waals surface area contributed by atoms with Gasteiger partial charge in [-0.05, 0) is 37.1 Å². The number of rotatable bonds is 4. The third-order valence-electron chi connectivity index (χ3n) is 2.43. The average molecular weight is 315 g/mol. The van der Waals surface area contributed by atoms with Crippen molar-refractivity contribution in [2.75, 3.05) is 5.32 Å². The number of carboxylic acids is 1. The first-order chi connectivity index (χ1) is 8.43. The van der Waals surface area contributed by atoms with Gasteiger partial charge in [0.1, 0.15) is 6.04 Å². The highest BCUT2D eigenvalue weighted by Crippen LogP contribution is 2.19. The number of carbonyl (C=O) groups excluding carboxylic acids is 1. The van der Waals surface area contributed by atoms with Gasteiger partial charge in [-0.2, -0.15) is 0 Å². The van der Waals surface area contributed by atoms with E-state index in [9.17, 15) is 9.59 Å². The van der Waals surface area contributed by atoms with Crippen LogP contribution in [0.3, 0.4) is 0 Å². The first-order valence-corrected chi connectivity index (χ1v) is 6.29. The fourth-order valence-electron chi connectivity index (χ4n) is 1.39. The third kappa shape index (κ3) is 4.03. The molecule has 98 valence electrons. The first kappa shape index (κ1) is 14.5. The van der Waals surface area contributed by atoms with Gasteiger partial charge in [0.25, 0.3) is 0 Å². The van der Waals surface area contributed by atoms with Crippen molar-refractivity contribution in [1.29, 1.82) is 0 Å². The molecule has 0 aliphatic rings. The van der Waals surface area contributed by atoms with E-state index in [4.69, 9.17) is 5.11 Å². The van der Waals surface area contributed by atoms with Gasteiger partial charge in [-0.25, -0.2) is 9.59 Å². The molecule has 1 unspecified atom stereocenters. The molecule has 0 bridgehead atoms. The van der Waals surface area contributed by atoms with Crippen molar-refractivity contribution in [2.45, 2.75) is 26.3 Å². The Hall–Kier alpha value is -1.56. The van der Waals surface area contributed by atoms with Crippen LogP contribution >= 0.6 is 15.9 Å². The summed E-state index contributed by atoms with van der Waals surface area (Å²) < 4.78 is 0.949. The quantitative estimate of drug-likeness (QED) is 0.799. The van der Waals surface area contributed by atoms with Crippen LogP contribution in [0.1, 0.15) is 18.9 Å². The summed E-state index contributed by atoms with van der Waals surface area (Å²) in [6.07, 6.45) is 0.335. The maximum absolute atomic E-state index is 11.6. The summed E-state index contributed by atoms with van der Waals surface area (Å²) in [5.41, 5.74) is 1.60. The number of aliphatic carboxylic acids is 1. The Kier molecular flexibility index (Phi) is 5.15. The van der Waals surface area contributed by atoms with E-state index in [1.807, 2.05) is 13.0 Å². The van der Waals surface area contributed by atoms with E-state index in [2.05, 4.69) is 26.6 Å². The molecule has 0 fully saturated rings. The predicted octanol–water partition coefficient (Wildman–Crippen LogP) is 2.74. The predicted molar refractivity (Wildman–Crippen MR) is 72.7 cm³/mol. The average Bonchev–Trinajstić information content (AvgIpc) is 2.30. The second kappa shape index (κ2) is 6.39. The molecule has 0 saturated heterocycles. The summed E-state index contributed by atoms with van der Waals surface area (Å²) >= 11 is 3.36. The van der Waals surface area contributed by atoms with Gasteiger partial charge < -0.3 is 15.7 Å². The molecule has 0 spiro atoms. The number of urea groups is 1. The maximum atomic E-state index is 11.6. The van der Waals surface area contributed by atoms with E-state index in [0.29, 0.717) is 12.1 Å². The van der Waals surface area contributed by atoms with Crippen LogP contribution in [0.15, 0.2) is 22.7 Å². The zero-order chi connectivity index (χ0) is 13.7. The smallest absolute Gasteiger partial charge is 0.326 e. The highest BCUT2D eigenvalue weighted by molar-refractivity contribution is 9.10. The molecule has 0 aliphatic carbocycles. The summed E-state index contributed by atoms with van der Waals surface area (Å²) in [5, 5.41) is 13.8. The van der Waals surface area contributed by atoms with Gasteiger partial charge in [0.15, 0.2) is 0 Å². The van der Waals surface area contributed by atoms with E-state index >= 15 is 0 Å². The van der Waals surface area contributed by atoms with Crippen LogP contribution in [0.5, 0.6) is 0 Å². The lowest BCUT2D eigenvalue weighted by atomic mass is 10.2. The van der Waals surface area contributed by atoms with Crippen LogP contribution in [0.2, 0.25) is 0 Å². The Morgan fingerprint density at radius 2 is 2.11 bits per heavy atom. The molecule has 18 heavy (non-hydrogen) atoms. The minimum atomic E-state index is -1.04. The third-order valence-corrected chi connectivity index (χ3v) is 3.32. The second-order valence-corrected chi connectivity index (χ2v) is 4.72. The Morgan fingerprint density at radius 3 is 2.61 bits per heavy atom. The van der Waals surface area contributed by atoms with Crippen LogP contribution in [-0.2, 0) is 4.79 Å². The van der Waals surface area contributed by atoms with Gasteiger partial charge >= 0.3 is 12.0 Å². The Bertz CT molecular complexity index is 463. The second-order valence-electron chi connectivity index (χ2n) is 3.86. The van der Waals surface area contributed by atoms with Gasteiger partial charge in [-0.15, -0.1) is 0 Å². The summed E-state index contributed by atoms with van der Waals surface area (Å²) in [4.78, 5) is 22.4. The topological polar surface area (TPSA) is 78.4 Å². The van der Waals surface area contributed by atoms with Crippen molar-refractivity contribution in [3.8, 4) is 0 Å². The van der Waals surface area contributed by atoms with Crippen LogP contribution in [0, 0.1) is 6.92 Å². The molecular formula is C12H15BrN2O3. The SMILES string of the molecule is CCC(NC(=O)Nc1ccc(Br)c(C)c1)C(=O)O. The molecule has 1 rings (SSSR count). The van der Waals surface area contributed by atoms with Crippen molar-refractivity contribution >= 4 is 33.6 Å². The number of hydrogen-bond acceptors (Lipinski definition) is 2. The molecule has 6 heteroatoms. The number of nitrogens with one attached hydrogen (secondary N) is 2. The highest BCUT2D eigenvalue weighted by atomic mass is 79.9. The van der Waals surface area contributed by atoms with Crippen molar-refractivity contribution in [3.63, 3.8) is 0 Å². The molecule has 0 aliphatic heterocycles. The minimum absolute atomic E-state index is 0.335. The lowest BCUT2D eigenvalue weighted by Crippen LogP contribution is -2.42. The molecule has 1 atom stereocenters. The fraction of sp³-hybridized carbons (Fsp3) is 0.333. The molecular weight excluding hydrogens is 300 g/mol. The summed E-state index contributed by atoms with van der Waals surface area (Å²) in [6.45, 7) is 3.60. The number of aryl methyl sites for hydroxylation is 1. The number of carboxylic acid groups (broad SMARTS) is 1. The monoisotopic (exact) mass is 314 g/mol. The van der Waals surface area contributed by atoms with Crippen LogP contribution in [0.4, 0.5) is 10.5 Å². The fourth-order valence-corrected chi connectivity index (χ4v) is 1.63. The van der Waals surface area contributed by atoms with Crippen molar-refractivity contribution in [3.05, 3.63) is 28.2 Å². The van der Waals surface area contributed by atoms with E-state index in [-0.39, 0.29) is 0 Å².